The fraction of sp³-hybridized carbons (Fsp3) is 0. The summed E-state index contributed by atoms with van der Waals surface area (Å²) in [5.41, 5.74) is 1.95. The van der Waals surface area contributed by atoms with Crippen LogP contribution in [0, 0.1) is 0 Å². The van der Waals surface area contributed by atoms with Crippen molar-refractivity contribution in [3.63, 3.8) is 0 Å². The fourth-order valence-electron chi connectivity index (χ4n) is 1.52. The third-order valence-corrected chi connectivity index (χ3v) is 3.09. The number of nitrogens with zero attached hydrogens (tertiary/aromatic N) is 2. The highest BCUT2D eigenvalue weighted by molar-refractivity contribution is 7.15. The van der Waals surface area contributed by atoms with E-state index in [-0.39, 0.29) is 5.88 Å². The highest BCUT2D eigenvalue weighted by atomic mass is 32.1. The zero-order valence-corrected chi connectivity index (χ0v) is 8.61. The molecule has 0 unspecified atom stereocenters. The summed E-state index contributed by atoms with van der Waals surface area (Å²) in [5, 5.41) is 11.2. The number of rotatable bonds is 1. The molecule has 0 radical (unpaired) electrons. The third kappa shape index (κ3) is 1.30. The summed E-state index contributed by atoms with van der Waals surface area (Å²) >= 11 is 1.43. The number of hydrogen-bond donors (Lipinski definition) is 1. The molecule has 74 valence electrons. The van der Waals surface area contributed by atoms with Gasteiger partial charge in [-0.25, -0.2) is 4.98 Å². The second-order valence-corrected chi connectivity index (χ2v) is 4.08. The van der Waals surface area contributed by atoms with Crippen LogP contribution in [0.4, 0.5) is 0 Å². The Morgan fingerprint density at radius 2 is 2.00 bits per heavy atom. The van der Waals surface area contributed by atoms with Gasteiger partial charge in [0, 0.05) is 11.8 Å². The number of thiazole rings is 1. The van der Waals surface area contributed by atoms with Crippen molar-refractivity contribution in [2.24, 2.45) is 0 Å². The lowest BCUT2D eigenvalue weighted by atomic mass is 10.2. The average molecular weight is 216 g/mol. The molecule has 1 aromatic carbocycles. The molecule has 0 bridgehead atoms. The SMILES string of the molecule is Oc1csc2nc(-c3ccccc3)cn12. The minimum atomic E-state index is 0.240. The molecule has 1 N–H and O–H groups in total. The highest BCUT2D eigenvalue weighted by Gasteiger charge is 2.07. The molecule has 2 aromatic heterocycles. The van der Waals surface area contributed by atoms with Crippen molar-refractivity contribution in [1.29, 1.82) is 0 Å². The molecular formula is C11H8N2OS. The molecule has 3 rings (SSSR count). The Bertz CT molecular complexity index is 597. The monoisotopic (exact) mass is 216 g/mol. The van der Waals surface area contributed by atoms with Crippen molar-refractivity contribution in [3.8, 4) is 17.1 Å². The largest absolute Gasteiger partial charge is 0.494 e. The quantitative estimate of drug-likeness (QED) is 0.679. The standard InChI is InChI=1S/C11H8N2OS/c14-10-7-15-11-12-9(6-13(10)11)8-4-2-1-3-5-8/h1-7,14H. The first kappa shape index (κ1) is 8.49. The van der Waals surface area contributed by atoms with Gasteiger partial charge in [-0.3, -0.25) is 4.40 Å². The van der Waals surface area contributed by atoms with Gasteiger partial charge in [-0.15, -0.1) is 11.3 Å². The Morgan fingerprint density at radius 3 is 2.73 bits per heavy atom. The molecule has 0 saturated carbocycles. The van der Waals surface area contributed by atoms with E-state index in [2.05, 4.69) is 4.98 Å². The van der Waals surface area contributed by atoms with Gasteiger partial charge in [0.05, 0.1) is 11.1 Å². The number of fused-ring (bicyclic) bond motifs is 1. The number of aromatic hydroxyl groups is 1. The van der Waals surface area contributed by atoms with Crippen molar-refractivity contribution in [2.45, 2.75) is 0 Å². The first-order valence-corrected chi connectivity index (χ1v) is 5.43. The molecule has 0 aliphatic rings. The van der Waals surface area contributed by atoms with E-state index in [1.807, 2.05) is 36.5 Å². The Hall–Kier alpha value is -1.81. The molecule has 0 spiro atoms. The van der Waals surface area contributed by atoms with E-state index in [4.69, 9.17) is 0 Å². The Balaban J connectivity index is 2.20. The van der Waals surface area contributed by atoms with Crippen molar-refractivity contribution >= 4 is 16.3 Å². The summed E-state index contributed by atoms with van der Waals surface area (Å²) in [7, 11) is 0. The molecule has 2 heterocycles. The van der Waals surface area contributed by atoms with Gasteiger partial charge in [0.15, 0.2) is 4.96 Å². The molecular weight excluding hydrogens is 208 g/mol. The summed E-state index contributed by atoms with van der Waals surface area (Å²) in [6.07, 6.45) is 1.84. The Kier molecular flexibility index (Phi) is 1.76. The molecule has 3 aromatic rings. The lowest BCUT2D eigenvalue weighted by molar-refractivity contribution is 0.450. The lowest BCUT2D eigenvalue weighted by Gasteiger charge is -1.93. The van der Waals surface area contributed by atoms with Gasteiger partial charge in [-0.2, -0.15) is 0 Å². The van der Waals surface area contributed by atoms with Crippen LogP contribution >= 0.6 is 11.3 Å². The molecule has 15 heavy (non-hydrogen) atoms. The smallest absolute Gasteiger partial charge is 0.207 e. The zero-order chi connectivity index (χ0) is 10.3. The van der Waals surface area contributed by atoms with E-state index >= 15 is 0 Å². The maximum absolute atomic E-state index is 9.50. The first-order valence-electron chi connectivity index (χ1n) is 4.55. The summed E-state index contributed by atoms with van der Waals surface area (Å²) in [5.74, 6) is 0.240. The van der Waals surface area contributed by atoms with Gasteiger partial charge < -0.3 is 5.11 Å². The predicted octanol–water partition coefficient (Wildman–Crippen LogP) is 2.77. The van der Waals surface area contributed by atoms with Crippen LogP contribution < -0.4 is 0 Å². The summed E-state index contributed by atoms with van der Waals surface area (Å²) < 4.78 is 1.69. The van der Waals surface area contributed by atoms with Gasteiger partial charge in [0.25, 0.3) is 0 Å². The molecule has 0 fully saturated rings. The normalized spacial score (nSPS) is 10.9. The van der Waals surface area contributed by atoms with E-state index in [1.54, 1.807) is 9.78 Å². The van der Waals surface area contributed by atoms with Crippen LogP contribution in [0.2, 0.25) is 0 Å². The van der Waals surface area contributed by atoms with Gasteiger partial charge in [-0.05, 0) is 0 Å². The molecule has 0 amide bonds. The zero-order valence-electron chi connectivity index (χ0n) is 7.79. The van der Waals surface area contributed by atoms with Crippen LogP contribution in [0.1, 0.15) is 0 Å². The summed E-state index contributed by atoms with van der Waals surface area (Å²) in [4.78, 5) is 5.24. The number of imidazole rings is 1. The van der Waals surface area contributed by atoms with Crippen molar-refractivity contribution in [1.82, 2.24) is 9.38 Å². The van der Waals surface area contributed by atoms with Crippen LogP contribution in [0.3, 0.4) is 0 Å². The van der Waals surface area contributed by atoms with E-state index in [0.29, 0.717) is 0 Å². The topological polar surface area (TPSA) is 37.5 Å². The maximum atomic E-state index is 9.50. The second-order valence-electron chi connectivity index (χ2n) is 3.24. The minimum Gasteiger partial charge on any atom is -0.494 e. The van der Waals surface area contributed by atoms with Crippen LogP contribution in [-0.4, -0.2) is 14.5 Å². The summed E-state index contributed by atoms with van der Waals surface area (Å²) in [6, 6.07) is 9.93. The maximum Gasteiger partial charge on any atom is 0.207 e. The third-order valence-electron chi connectivity index (χ3n) is 2.26. The summed E-state index contributed by atoms with van der Waals surface area (Å²) in [6.45, 7) is 0. The van der Waals surface area contributed by atoms with Gasteiger partial charge in [0.2, 0.25) is 5.88 Å². The minimum absolute atomic E-state index is 0.240. The van der Waals surface area contributed by atoms with Crippen LogP contribution in [0.25, 0.3) is 16.2 Å². The van der Waals surface area contributed by atoms with Gasteiger partial charge in [-0.1, -0.05) is 30.3 Å². The average Bonchev–Trinajstić information content (AvgIpc) is 2.83. The van der Waals surface area contributed by atoms with E-state index < -0.39 is 0 Å². The predicted molar refractivity (Wildman–Crippen MR) is 60.2 cm³/mol. The highest BCUT2D eigenvalue weighted by Crippen LogP contribution is 2.25. The molecule has 0 aliphatic carbocycles. The van der Waals surface area contributed by atoms with Gasteiger partial charge in [0.1, 0.15) is 0 Å². The van der Waals surface area contributed by atoms with Gasteiger partial charge >= 0.3 is 0 Å². The molecule has 0 aliphatic heterocycles. The van der Waals surface area contributed by atoms with E-state index in [0.717, 1.165) is 16.2 Å². The molecule has 0 saturated heterocycles. The molecule has 3 nitrogen and oxygen atoms in total. The second kappa shape index (κ2) is 3.10. The lowest BCUT2D eigenvalue weighted by Crippen LogP contribution is -1.75. The number of aromatic nitrogens is 2. The van der Waals surface area contributed by atoms with Crippen molar-refractivity contribution < 1.29 is 5.11 Å². The van der Waals surface area contributed by atoms with Crippen LogP contribution in [-0.2, 0) is 0 Å². The van der Waals surface area contributed by atoms with Crippen LogP contribution in [0.5, 0.6) is 5.88 Å². The van der Waals surface area contributed by atoms with Crippen molar-refractivity contribution in [2.75, 3.05) is 0 Å². The first-order chi connectivity index (χ1) is 7.34. The molecule has 0 atom stereocenters. The number of benzene rings is 1. The van der Waals surface area contributed by atoms with E-state index in [1.165, 1.54) is 11.3 Å². The number of hydrogen-bond acceptors (Lipinski definition) is 3. The van der Waals surface area contributed by atoms with Crippen LogP contribution in [0.15, 0.2) is 41.9 Å². The fourth-order valence-corrected chi connectivity index (χ4v) is 2.26. The molecule has 4 heteroatoms. The van der Waals surface area contributed by atoms with E-state index in [9.17, 15) is 5.11 Å². The Labute approximate surface area is 90.3 Å². The Morgan fingerprint density at radius 1 is 1.20 bits per heavy atom. The van der Waals surface area contributed by atoms with Crippen molar-refractivity contribution in [3.05, 3.63) is 41.9 Å².